The van der Waals surface area contributed by atoms with Gasteiger partial charge in [0.1, 0.15) is 5.75 Å². The number of benzene rings is 1. The minimum absolute atomic E-state index is 0.537. The fourth-order valence-corrected chi connectivity index (χ4v) is 2.30. The van der Waals surface area contributed by atoms with Gasteiger partial charge in [-0.2, -0.15) is 0 Å². The molecule has 1 aromatic rings. The first-order valence-corrected chi connectivity index (χ1v) is 7.64. The molecule has 90 valence electrons. The largest absolute Gasteiger partial charge is 0.422 e. The van der Waals surface area contributed by atoms with Crippen LogP contribution in [0.15, 0.2) is 23.1 Å². The molecule has 1 rings (SSSR count). The van der Waals surface area contributed by atoms with Crippen molar-refractivity contribution in [1.29, 1.82) is 0 Å². The van der Waals surface area contributed by atoms with Gasteiger partial charge in [-0.25, -0.2) is 14.7 Å². The van der Waals surface area contributed by atoms with Crippen molar-refractivity contribution < 1.29 is 9.09 Å². The lowest BCUT2D eigenvalue weighted by atomic mass is 10.2. The number of thioether (sulfide) groups is 1. The second-order valence-corrected chi connectivity index (χ2v) is 6.59. The van der Waals surface area contributed by atoms with Crippen LogP contribution in [-0.2, 0) is 4.57 Å². The average Bonchev–Trinajstić information content (AvgIpc) is 2.17. The molecule has 0 radical (unpaired) electrons. The van der Waals surface area contributed by atoms with Crippen LogP contribution in [0.5, 0.6) is 5.75 Å². The lowest BCUT2D eigenvalue weighted by Gasteiger charge is -2.20. The highest BCUT2D eigenvalue weighted by Crippen LogP contribution is 2.41. The number of hydrogen-bond donors (Lipinski definition) is 1. The van der Waals surface area contributed by atoms with Gasteiger partial charge in [-0.05, 0) is 51.0 Å². The number of aryl methyl sites for hydroxylation is 1. The van der Waals surface area contributed by atoms with Crippen molar-refractivity contribution in [2.45, 2.75) is 11.8 Å². The minimum atomic E-state index is -3.20. The van der Waals surface area contributed by atoms with Gasteiger partial charge in [0, 0.05) is 4.90 Å². The zero-order valence-electron chi connectivity index (χ0n) is 9.93. The van der Waals surface area contributed by atoms with E-state index in [1.54, 1.807) is 31.9 Å². The fraction of sp³-hybridized carbons (Fsp3) is 0.400. The van der Waals surface area contributed by atoms with E-state index in [4.69, 9.17) is 10.0 Å². The first-order chi connectivity index (χ1) is 7.36. The molecule has 0 bridgehead atoms. The second-order valence-electron chi connectivity index (χ2n) is 3.63. The van der Waals surface area contributed by atoms with Crippen molar-refractivity contribution in [1.82, 2.24) is 4.67 Å². The van der Waals surface area contributed by atoms with Crippen LogP contribution in [0.2, 0.25) is 0 Å². The SMILES string of the molecule is CSc1ccc(OP(N)(=O)N(C)C)cc1C. The van der Waals surface area contributed by atoms with Gasteiger partial charge < -0.3 is 4.52 Å². The van der Waals surface area contributed by atoms with Crippen molar-refractivity contribution in [3.8, 4) is 5.75 Å². The summed E-state index contributed by atoms with van der Waals surface area (Å²) in [6.07, 6.45) is 2.01. The second kappa shape index (κ2) is 5.23. The van der Waals surface area contributed by atoms with Crippen LogP contribution in [0.3, 0.4) is 0 Å². The molecule has 0 aliphatic rings. The predicted molar refractivity (Wildman–Crippen MR) is 69.1 cm³/mol. The minimum Gasteiger partial charge on any atom is -0.422 e. The van der Waals surface area contributed by atoms with E-state index in [0.29, 0.717) is 5.75 Å². The molecule has 0 fully saturated rings. The molecule has 0 aromatic heterocycles. The Kier molecular flexibility index (Phi) is 4.44. The Morgan fingerprint density at radius 3 is 2.50 bits per heavy atom. The Morgan fingerprint density at radius 2 is 2.06 bits per heavy atom. The maximum Gasteiger partial charge on any atom is 0.389 e. The van der Waals surface area contributed by atoms with Crippen LogP contribution in [0.1, 0.15) is 5.56 Å². The number of nitrogens with zero attached hydrogens (tertiary/aromatic N) is 1. The summed E-state index contributed by atoms with van der Waals surface area (Å²) in [7, 11) is 0.0545. The molecule has 16 heavy (non-hydrogen) atoms. The van der Waals surface area contributed by atoms with E-state index in [9.17, 15) is 4.57 Å². The summed E-state index contributed by atoms with van der Waals surface area (Å²) in [6, 6.07) is 5.56. The van der Waals surface area contributed by atoms with E-state index < -0.39 is 7.67 Å². The van der Waals surface area contributed by atoms with Gasteiger partial charge in [0.2, 0.25) is 0 Å². The summed E-state index contributed by atoms with van der Waals surface area (Å²) in [6.45, 7) is 1.98. The van der Waals surface area contributed by atoms with Gasteiger partial charge in [0.25, 0.3) is 0 Å². The van der Waals surface area contributed by atoms with Gasteiger partial charge in [-0.3, -0.25) is 0 Å². The summed E-state index contributed by atoms with van der Waals surface area (Å²) >= 11 is 1.66. The third kappa shape index (κ3) is 3.25. The molecule has 6 heteroatoms. The van der Waals surface area contributed by atoms with E-state index in [-0.39, 0.29) is 0 Å². The van der Waals surface area contributed by atoms with Crippen molar-refractivity contribution >= 4 is 19.4 Å². The molecular formula is C10H17N2O2PS. The molecule has 0 saturated carbocycles. The third-order valence-electron chi connectivity index (χ3n) is 2.16. The van der Waals surface area contributed by atoms with Gasteiger partial charge in [-0.15, -0.1) is 11.8 Å². The summed E-state index contributed by atoms with van der Waals surface area (Å²) in [5.74, 6) is 0.537. The number of rotatable bonds is 4. The van der Waals surface area contributed by atoms with Gasteiger partial charge >= 0.3 is 7.67 Å². The smallest absolute Gasteiger partial charge is 0.389 e. The van der Waals surface area contributed by atoms with Crippen LogP contribution in [0, 0.1) is 6.92 Å². The summed E-state index contributed by atoms with van der Waals surface area (Å²) in [5.41, 5.74) is 6.65. The highest BCUT2D eigenvalue weighted by molar-refractivity contribution is 7.98. The van der Waals surface area contributed by atoms with E-state index in [1.165, 1.54) is 9.57 Å². The molecule has 0 amide bonds. The normalized spacial score (nSPS) is 14.9. The third-order valence-corrected chi connectivity index (χ3v) is 4.65. The highest BCUT2D eigenvalue weighted by Gasteiger charge is 2.21. The van der Waals surface area contributed by atoms with Crippen LogP contribution in [0.25, 0.3) is 0 Å². The lowest BCUT2D eigenvalue weighted by molar-refractivity contribution is 0.417. The van der Waals surface area contributed by atoms with Crippen LogP contribution < -0.4 is 10.0 Å². The Bertz CT molecular complexity index is 423. The molecule has 1 atom stereocenters. The monoisotopic (exact) mass is 260 g/mol. The molecule has 0 saturated heterocycles. The Balaban J connectivity index is 2.91. The maximum atomic E-state index is 11.8. The summed E-state index contributed by atoms with van der Waals surface area (Å²) in [5, 5.41) is 0. The van der Waals surface area contributed by atoms with E-state index >= 15 is 0 Å². The van der Waals surface area contributed by atoms with E-state index in [2.05, 4.69) is 0 Å². The summed E-state index contributed by atoms with van der Waals surface area (Å²) in [4.78, 5) is 1.17. The Hall–Kier alpha value is -0.480. The molecule has 2 N–H and O–H groups in total. The van der Waals surface area contributed by atoms with Crippen molar-refractivity contribution in [3.63, 3.8) is 0 Å². The Labute approximate surface area is 101 Å². The van der Waals surface area contributed by atoms with Crippen LogP contribution in [-0.4, -0.2) is 25.0 Å². The van der Waals surface area contributed by atoms with Crippen LogP contribution in [0.4, 0.5) is 0 Å². The van der Waals surface area contributed by atoms with E-state index in [0.717, 1.165) is 5.56 Å². The molecular weight excluding hydrogens is 243 g/mol. The predicted octanol–water partition coefficient (Wildman–Crippen LogP) is 2.72. The van der Waals surface area contributed by atoms with Crippen molar-refractivity contribution in [3.05, 3.63) is 23.8 Å². The molecule has 0 heterocycles. The zero-order chi connectivity index (χ0) is 12.3. The van der Waals surface area contributed by atoms with Crippen LogP contribution >= 0.6 is 19.4 Å². The molecule has 1 unspecified atom stereocenters. The Morgan fingerprint density at radius 1 is 1.44 bits per heavy atom. The molecule has 4 nitrogen and oxygen atoms in total. The van der Waals surface area contributed by atoms with Gasteiger partial charge in [-0.1, -0.05) is 0 Å². The standard InChI is InChI=1S/C10H17N2O2PS/c1-8-7-9(5-6-10(8)16-4)14-15(11,13)12(2)3/h5-7H,1-4H3,(H2,11,13). The van der Waals surface area contributed by atoms with Gasteiger partial charge in [0.05, 0.1) is 0 Å². The van der Waals surface area contributed by atoms with E-state index in [1.807, 2.05) is 25.3 Å². The lowest BCUT2D eigenvalue weighted by Crippen LogP contribution is -2.19. The molecule has 0 aliphatic carbocycles. The molecule has 1 aromatic carbocycles. The quantitative estimate of drug-likeness (QED) is 0.666. The fourth-order valence-electron chi connectivity index (χ4n) is 1.14. The molecule has 0 spiro atoms. The topological polar surface area (TPSA) is 55.6 Å². The van der Waals surface area contributed by atoms with Gasteiger partial charge in [0.15, 0.2) is 0 Å². The van der Waals surface area contributed by atoms with Crippen molar-refractivity contribution in [2.75, 3.05) is 20.4 Å². The maximum absolute atomic E-state index is 11.8. The number of nitrogens with two attached hydrogens (primary N) is 1. The highest BCUT2D eigenvalue weighted by atomic mass is 32.2. The van der Waals surface area contributed by atoms with Crippen molar-refractivity contribution in [2.24, 2.45) is 5.50 Å². The first kappa shape index (κ1) is 13.6. The number of hydrogen-bond acceptors (Lipinski definition) is 3. The first-order valence-electron chi connectivity index (χ1n) is 4.77. The zero-order valence-corrected chi connectivity index (χ0v) is 11.6. The summed E-state index contributed by atoms with van der Waals surface area (Å²) < 4.78 is 18.5. The average molecular weight is 260 g/mol. The molecule has 0 aliphatic heterocycles.